The maximum absolute atomic E-state index is 2.30. The predicted octanol–water partition coefficient (Wildman–Crippen LogP) is 27.7. The van der Waals surface area contributed by atoms with Gasteiger partial charge in [-0.3, -0.25) is 0 Å². The van der Waals surface area contributed by atoms with Gasteiger partial charge in [-0.1, -0.05) is 377 Å². The van der Waals surface area contributed by atoms with Gasteiger partial charge in [0.1, 0.15) is 0 Å². The Bertz CT molecular complexity index is 3320. The number of rotatable bonds is 15. The predicted molar refractivity (Wildman–Crippen MR) is 436 cm³/mol. The monoisotopic (exact) mass is 1300 g/mol. The van der Waals surface area contributed by atoms with Crippen molar-refractivity contribution in [3.8, 4) is 0 Å². The Balaban J connectivity index is 0.000000367. The molecular weight excluding hydrogens is 1170 g/mol. The van der Waals surface area contributed by atoms with E-state index < -0.39 is 0 Å². The van der Waals surface area contributed by atoms with Crippen LogP contribution in [0, 0.1) is 48.5 Å². The average molecular weight is 1300 g/mol. The molecule has 1 aliphatic carbocycles. The Morgan fingerprint density at radius 2 is 0.526 bits per heavy atom. The molecule has 0 saturated heterocycles. The van der Waals surface area contributed by atoms with Crippen LogP contribution in [0.1, 0.15) is 226 Å². The second-order valence-corrected chi connectivity index (χ2v) is 25.9. The molecule has 0 heteroatoms. The molecule has 10 aromatic rings. The quantitative estimate of drug-likeness (QED) is 0.0960. The molecule has 0 fully saturated rings. The third-order valence-corrected chi connectivity index (χ3v) is 17.1. The van der Waals surface area contributed by atoms with Crippen molar-refractivity contribution in [1.29, 1.82) is 0 Å². The van der Waals surface area contributed by atoms with Crippen LogP contribution in [-0.4, -0.2) is 0 Å². The van der Waals surface area contributed by atoms with Crippen LogP contribution in [0.4, 0.5) is 0 Å². The highest BCUT2D eigenvalue weighted by Gasteiger charge is 2.06. The van der Waals surface area contributed by atoms with Crippen LogP contribution in [0.3, 0.4) is 0 Å². The Labute approximate surface area is 596 Å². The number of unbranched alkanes of at least 4 members (excludes halogenated alkanes) is 1. The van der Waals surface area contributed by atoms with E-state index in [2.05, 4.69) is 367 Å². The van der Waals surface area contributed by atoms with E-state index >= 15 is 0 Å². The van der Waals surface area contributed by atoms with Gasteiger partial charge in [-0.05, 0) is 224 Å². The molecule has 0 radical (unpaired) electrons. The van der Waals surface area contributed by atoms with Crippen molar-refractivity contribution in [2.45, 2.75) is 247 Å². The first-order valence-electron chi connectivity index (χ1n) is 37.6. The lowest BCUT2D eigenvalue weighted by Gasteiger charge is -2.13. The number of benzene rings is 10. The van der Waals surface area contributed by atoms with Crippen molar-refractivity contribution in [3.05, 3.63) is 354 Å². The molecule has 0 N–H and O–H groups in total. The normalized spacial score (nSPS) is 10.4. The van der Waals surface area contributed by atoms with E-state index in [0.29, 0.717) is 0 Å². The Kier molecular flexibility index (Phi) is 47.7. The molecule has 97 heavy (non-hydrogen) atoms. The van der Waals surface area contributed by atoms with Gasteiger partial charge in [-0.2, -0.15) is 0 Å². The van der Waals surface area contributed by atoms with Gasteiger partial charge in [-0.15, -0.1) is 0 Å². The zero-order valence-corrected chi connectivity index (χ0v) is 64.5. The standard InChI is InChI=1S/C11H16.C10H12.6C10H14.2C8H10/c1-4-10-6-9(3)7-11(5-2)8-10;1-2-6-10-8-4-3-7-9(10)5-1;1-3-5-10-7-4-6-9(2)8-10;1-3-4-10-7-5-9(2)6-8-10;1-3-9-5-7-10(4-2)8-6-9;1-3-9-6-5-7-10(4-2)8-9;1-3-9-7-5-6-8-10(9)4-2;1-2-3-7-10-8-5-4-6-9-10;1-7-3-5-8(2)6-4-7;1-7-4-3-5-8(2)6-7/h6-8H,4-5H2,1-3H3;1-2,5-6H,3-4,7-8H2;4,6-8H,3,5H2,1-2H3;4*5-8H,3-4H2,1-2H3;4-6,8-9H,2-3,7H2,1H3;2*3-6H,1-2H3. The van der Waals surface area contributed by atoms with Gasteiger partial charge < -0.3 is 0 Å². The van der Waals surface area contributed by atoms with E-state index in [9.17, 15) is 0 Å². The van der Waals surface area contributed by atoms with Crippen LogP contribution in [0.25, 0.3) is 0 Å². The summed E-state index contributed by atoms with van der Waals surface area (Å²) < 4.78 is 0. The molecule has 1 aliphatic rings. The van der Waals surface area contributed by atoms with Gasteiger partial charge in [0.05, 0.1) is 0 Å². The maximum atomic E-state index is 2.30. The summed E-state index contributed by atoms with van der Waals surface area (Å²) in [6, 6.07) is 86.9. The van der Waals surface area contributed by atoms with Gasteiger partial charge >= 0.3 is 0 Å². The van der Waals surface area contributed by atoms with Gasteiger partial charge in [0.15, 0.2) is 0 Å². The van der Waals surface area contributed by atoms with Gasteiger partial charge in [0.25, 0.3) is 0 Å². The summed E-state index contributed by atoms with van der Waals surface area (Å²) in [7, 11) is 0. The SMILES string of the molecule is CCCCc1ccccc1.CCCc1ccc(C)cc1.CCCc1cccc(C)c1.CCc1cc(C)cc(CC)c1.CCc1ccc(CC)cc1.CCc1cccc(CC)c1.CCc1ccccc1CC.Cc1ccc(C)cc1.Cc1cccc(C)c1.c1ccc2c(c1)CCCC2. The first-order chi connectivity index (χ1) is 47.0. The van der Waals surface area contributed by atoms with E-state index in [4.69, 9.17) is 0 Å². The second-order valence-electron chi connectivity index (χ2n) is 25.9. The van der Waals surface area contributed by atoms with E-state index in [1.54, 1.807) is 11.1 Å². The maximum Gasteiger partial charge on any atom is -0.0276 e. The average Bonchev–Trinajstić information content (AvgIpc) is 1.51. The fourth-order valence-electron chi connectivity index (χ4n) is 11.0. The smallest absolute Gasteiger partial charge is 0.0276 e. The van der Waals surface area contributed by atoms with E-state index in [0.717, 1.165) is 51.4 Å². The summed E-state index contributed by atoms with van der Waals surface area (Å²) in [4.78, 5) is 0. The fourth-order valence-corrected chi connectivity index (χ4v) is 11.0. The van der Waals surface area contributed by atoms with Crippen LogP contribution >= 0.6 is 0 Å². The summed E-state index contributed by atoms with van der Waals surface area (Å²) in [5, 5.41) is 0. The minimum atomic E-state index is 1.14. The van der Waals surface area contributed by atoms with Crippen LogP contribution < -0.4 is 0 Å². The first kappa shape index (κ1) is 85.3. The third kappa shape index (κ3) is 40.5. The minimum absolute atomic E-state index is 1.14. The Morgan fingerprint density at radius 3 is 0.907 bits per heavy atom. The summed E-state index contributed by atoms with van der Waals surface area (Å²) in [6.07, 6.45) is 23.3. The van der Waals surface area contributed by atoms with Crippen molar-refractivity contribution in [3.63, 3.8) is 0 Å². The van der Waals surface area contributed by atoms with E-state index in [1.165, 1.54) is 171 Å². The zero-order valence-electron chi connectivity index (χ0n) is 64.5. The zero-order chi connectivity index (χ0) is 71.3. The van der Waals surface area contributed by atoms with Crippen molar-refractivity contribution in [2.24, 2.45) is 0 Å². The van der Waals surface area contributed by atoms with E-state index in [1.807, 2.05) is 0 Å². The van der Waals surface area contributed by atoms with Crippen LogP contribution in [0.15, 0.2) is 243 Å². The largest absolute Gasteiger partial charge is 0.0654 e. The summed E-state index contributed by atoms with van der Waals surface area (Å²) >= 11 is 0. The summed E-state index contributed by atoms with van der Waals surface area (Å²) in [5.41, 5.74) is 28.6. The van der Waals surface area contributed by atoms with Gasteiger partial charge in [0, 0.05) is 0 Å². The minimum Gasteiger partial charge on any atom is -0.0654 e. The number of hydrogen-bond acceptors (Lipinski definition) is 0. The molecule has 10 aromatic carbocycles. The highest BCUT2D eigenvalue weighted by molar-refractivity contribution is 5.32. The van der Waals surface area contributed by atoms with Crippen molar-refractivity contribution < 1.29 is 0 Å². The van der Waals surface area contributed by atoms with Crippen molar-refractivity contribution in [2.75, 3.05) is 0 Å². The number of aryl methyl sites for hydroxylation is 20. The number of fused-ring (bicyclic) bond motifs is 1. The second kappa shape index (κ2) is 54.2. The highest BCUT2D eigenvalue weighted by Crippen LogP contribution is 2.20. The fraction of sp³-hybridized carbons (Fsp3) is 0.381. The van der Waals surface area contributed by atoms with Crippen LogP contribution in [-0.2, 0) is 83.5 Å². The van der Waals surface area contributed by atoms with Crippen molar-refractivity contribution >= 4 is 0 Å². The molecule has 11 rings (SSSR count). The topological polar surface area (TPSA) is 0 Å². The molecule has 0 saturated carbocycles. The third-order valence-electron chi connectivity index (χ3n) is 17.1. The molecule has 0 heterocycles. The number of hydrogen-bond donors (Lipinski definition) is 0. The molecule has 0 spiro atoms. The molecule has 0 amide bonds. The lowest BCUT2D eigenvalue weighted by Crippen LogP contribution is -2.00. The summed E-state index contributed by atoms with van der Waals surface area (Å²) in [6.45, 7) is 39.0. The molecule has 0 aromatic heterocycles. The Hall–Kier alpha value is -7.80. The highest BCUT2D eigenvalue weighted by atomic mass is 14.1. The van der Waals surface area contributed by atoms with Crippen LogP contribution in [0.2, 0.25) is 0 Å². The molecule has 520 valence electrons. The lowest BCUT2D eigenvalue weighted by atomic mass is 9.92. The molecule has 0 bridgehead atoms. The molecule has 0 nitrogen and oxygen atoms in total. The summed E-state index contributed by atoms with van der Waals surface area (Å²) in [5.74, 6) is 0. The molecule has 0 aliphatic heterocycles. The molecule has 0 atom stereocenters. The van der Waals surface area contributed by atoms with Crippen LogP contribution in [0.5, 0.6) is 0 Å². The van der Waals surface area contributed by atoms with Gasteiger partial charge in [0.2, 0.25) is 0 Å². The van der Waals surface area contributed by atoms with Crippen molar-refractivity contribution in [1.82, 2.24) is 0 Å². The van der Waals surface area contributed by atoms with Gasteiger partial charge in [-0.25, -0.2) is 0 Å². The molecular formula is C97H132. The van der Waals surface area contributed by atoms with E-state index in [-0.39, 0.29) is 0 Å². The first-order valence-corrected chi connectivity index (χ1v) is 37.6. The lowest BCUT2D eigenvalue weighted by molar-refractivity contribution is 0.685. The molecule has 0 unspecified atom stereocenters. The Morgan fingerprint density at radius 1 is 0.206 bits per heavy atom.